The number of rotatable bonds is 6. The maximum atomic E-state index is 9.77. The number of aromatic amines is 1. The minimum Gasteiger partial charge on any atom is -0.361 e. The van der Waals surface area contributed by atoms with E-state index in [9.17, 15) is 4.79 Å². The summed E-state index contributed by atoms with van der Waals surface area (Å²) in [6.07, 6.45) is 6.17. The first kappa shape index (κ1) is 24.9. The number of hydrogen-bond donors (Lipinski definition) is 3. The van der Waals surface area contributed by atoms with E-state index < -0.39 is 0 Å². The van der Waals surface area contributed by atoms with Crippen molar-refractivity contribution in [3.8, 4) is 0 Å². The molecule has 0 spiro atoms. The summed E-state index contributed by atoms with van der Waals surface area (Å²) in [5.41, 5.74) is 16.3. The Kier molecular flexibility index (Phi) is 10.5. The highest BCUT2D eigenvalue weighted by Crippen LogP contribution is 2.21. The van der Waals surface area contributed by atoms with Gasteiger partial charge in [0.25, 0.3) is 0 Å². The van der Waals surface area contributed by atoms with E-state index in [0.717, 1.165) is 25.9 Å². The van der Waals surface area contributed by atoms with Crippen LogP contribution in [0, 0.1) is 0 Å². The molecule has 5 N–H and O–H groups in total. The highest BCUT2D eigenvalue weighted by atomic mass is 79.9. The van der Waals surface area contributed by atoms with Crippen molar-refractivity contribution in [1.82, 2.24) is 9.55 Å². The molecule has 0 fully saturated rings. The molecule has 5 nitrogen and oxygen atoms in total. The van der Waals surface area contributed by atoms with Crippen molar-refractivity contribution < 1.29 is 4.79 Å². The fourth-order valence-electron chi connectivity index (χ4n) is 3.43. The number of para-hydroxylation sites is 2. The van der Waals surface area contributed by atoms with Crippen LogP contribution in [0.1, 0.15) is 25.0 Å². The third kappa shape index (κ3) is 7.06. The van der Waals surface area contributed by atoms with Crippen LogP contribution < -0.4 is 11.5 Å². The summed E-state index contributed by atoms with van der Waals surface area (Å²) < 4.78 is 2.28. The van der Waals surface area contributed by atoms with E-state index in [2.05, 4.69) is 81.1 Å². The van der Waals surface area contributed by atoms with E-state index in [0.29, 0.717) is 11.9 Å². The molecule has 0 unspecified atom stereocenters. The van der Waals surface area contributed by atoms with Crippen LogP contribution in [0.2, 0.25) is 0 Å². The average Bonchev–Trinajstić information content (AvgIpc) is 3.37. The van der Waals surface area contributed by atoms with Crippen LogP contribution in [0.4, 0.5) is 0 Å². The summed E-state index contributed by atoms with van der Waals surface area (Å²) in [6.45, 7) is 6.15. The van der Waals surface area contributed by atoms with Crippen molar-refractivity contribution in [2.45, 2.75) is 33.2 Å². The van der Waals surface area contributed by atoms with Gasteiger partial charge in [-0.15, -0.1) is 0 Å². The van der Waals surface area contributed by atoms with Crippen molar-refractivity contribution in [2.24, 2.45) is 11.5 Å². The fourth-order valence-corrected chi connectivity index (χ4v) is 3.43. The molecule has 2 aromatic heterocycles. The number of fused-ring (bicyclic) bond motifs is 2. The topological polar surface area (TPSA) is 89.8 Å². The van der Waals surface area contributed by atoms with Crippen molar-refractivity contribution in [2.75, 3.05) is 18.4 Å². The van der Waals surface area contributed by atoms with Gasteiger partial charge in [0, 0.05) is 40.7 Å². The second-order valence-corrected chi connectivity index (χ2v) is 7.79. The number of benzene rings is 2. The predicted octanol–water partition coefficient (Wildman–Crippen LogP) is 4.80. The number of hydrogen-bond acceptors (Lipinski definition) is 3. The van der Waals surface area contributed by atoms with Crippen molar-refractivity contribution in [1.29, 1.82) is 0 Å². The van der Waals surface area contributed by atoms with Gasteiger partial charge in [-0.1, -0.05) is 52.3 Å². The average molecular weight is 485 g/mol. The van der Waals surface area contributed by atoms with Gasteiger partial charge in [0.05, 0.1) is 5.33 Å². The molecule has 2 heterocycles. The van der Waals surface area contributed by atoms with E-state index >= 15 is 0 Å². The zero-order valence-electron chi connectivity index (χ0n) is 18.4. The number of ketones is 1. The molecule has 31 heavy (non-hydrogen) atoms. The second kappa shape index (κ2) is 13.1. The Morgan fingerprint density at radius 1 is 0.968 bits per heavy atom. The second-order valence-electron chi connectivity index (χ2n) is 7.23. The van der Waals surface area contributed by atoms with Gasteiger partial charge < -0.3 is 21.0 Å². The first-order valence-corrected chi connectivity index (χ1v) is 11.7. The highest BCUT2D eigenvalue weighted by Gasteiger charge is 2.05. The third-order valence-corrected chi connectivity index (χ3v) is 5.69. The fraction of sp³-hybridized carbons (Fsp3) is 0.320. The first-order chi connectivity index (χ1) is 15.0. The number of aryl methyl sites for hydroxylation is 1. The van der Waals surface area contributed by atoms with E-state index in [4.69, 9.17) is 11.5 Å². The molecule has 0 amide bonds. The molecule has 0 bridgehead atoms. The summed E-state index contributed by atoms with van der Waals surface area (Å²) >= 11 is 2.96. The smallest absolute Gasteiger partial charge is 0.140 e. The van der Waals surface area contributed by atoms with Crippen LogP contribution in [0.25, 0.3) is 21.8 Å². The predicted molar refractivity (Wildman–Crippen MR) is 136 cm³/mol. The molecule has 166 valence electrons. The maximum Gasteiger partial charge on any atom is 0.140 e. The van der Waals surface area contributed by atoms with Gasteiger partial charge in [0.1, 0.15) is 5.78 Å². The number of carbonyl (C=O) groups is 1. The SMILES string of the molecule is CC(=O)CBr.CCn1cc(CCN)c2ccccc21.NCCc1c[nH]c2ccccc12. The van der Waals surface area contributed by atoms with Crippen LogP contribution in [-0.2, 0) is 24.2 Å². The van der Waals surface area contributed by atoms with Crippen LogP contribution in [0.5, 0.6) is 0 Å². The Bertz CT molecular complexity index is 1080. The zero-order chi connectivity index (χ0) is 22.6. The molecule has 0 saturated heterocycles. The lowest BCUT2D eigenvalue weighted by Crippen LogP contribution is -2.02. The molecule has 6 heteroatoms. The molecular formula is C25H33BrN4O. The lowest BCUT2D eigenvalue weighted by molar-refractivity contribution is -0.114. The number of aromatic nitrogens is 2. The Balaban J connectivity index is 0.000000184. The van der Waals surface area contributed by atoms with Gasteiger partial charge >= 0.3 is 0 Å². The number of Topliss-reactive ketones (excluding diaryl/α,β-unsaturated/α-hetero) is 1. The highest BCUT2D eigenvalue weighted by molar-refractivity contribution is 9.09. The molecule has 0 atom stereocenters. The Labute approximate surface area is 192 Å². The Morgan fingerprint density at radius 2 is 1.55 bits per heavy atom. The number of nitrogens with two attached hydrogens (primary N) is 2. The van der Waals surface area contributed by atoms with Crippen LogP contribution >= 0.6 is 15.9 Å². The summed E-state index contributed by atoms with van der Waals surface area (Å²) in [5.74, 6) is 0.171. The molecule has 0 aliphatic heterocycles. The maximum absolute atomic E-state index is 9.77. The van der Waals surface area contributed by atoms with Crippen molar-refractivity contribution >= 4 is 43.5 Å². The minimum atomic E-state index is 0.171. The minimum absolute atomic E-state index is 0.171. The lowest BCUT2D eigenvalue weighted by Gasteiger charge is -1.98. The number of nitrogens with one attached hydrogen (secondary N) is 1. The third-order valence-electron chi connectivity index (χ3n) is 4.90. The molecule has 0 saturated carbocycles. The number of carbonyl (C=O) groups excluding carboxylic acids is 1. The van der Waals surface area contributed by atoms with Crippen molar-refractivity contribution in [3.05, 3.63) is 72.1 Å². The van der Waals surface area contributed by atoms with Crippen LogP contribution in [-0.4, -0.2) is 33.8 Å². The largest absolute Gasteiger partial charge is 0.361 e. The van der Waals surface area contributed by atoms with Crippen molar-refractivity contribution in [3.63, 3.8) is 0 Å². The molecule has 2 aromatic carbocycles. The summed E-state index contributed by atoms with van der Waals surface area (Å²) in [4.78, 5) is 13.0. The van der Waals surface area contributed by atoms with Gasteiger partial charge in [-0.3, -0.25) is 4.79 Å². The van der Waals surface area contributed by atoms with Gasteiger partial charge in [0.15, 0.2) is 0 Å². The summed E-state index contributed by atoms with van der Waals surface area (Å²) in [7, 11) is 0. The number of nitrogens with zero attached hydrogens (tertiary/aromatic N) is 1. The van der Waals surface area contributed by atoms with E-state index in [1.165, 1.54) is 39.9 Å². The molecule has 0 radical (unpaired) electrons. The van der Waals surface area contributed by atoms with E-state index in [-0.39, 0.29) is 5.78 Å². The monoisotopic (exact) mass is 484 g/mol. The van der Waals surface area contributed by atoms with E-state index in [1.54, 1.807) is 0 Å². The molecule has 4 rings (SSSR count). The molecule has 0 aliphatic rings. The zero-order valence-corrected chi connectivity index (χ0v) is 20.0. The van der Waals surface area contributed by atoms with E-state index in [1.807, 2.05) is 12.3 Å². The summed E-state index contributed by atoms with van der Waals surface area (Å²) in [5, 5.41) is 3.12. The molecule has 4 aromatic rings. The quantitative estimate of drug-likeness (QED) is 0.343. The Morgan fingerprint density at radius 3 is 2.16 bits per heavy atom. The van der Waals surface area contributed by atoms with Crippen LogP contribution in [0.15, 0.2) is 60.9 Å². The van der Waals surface area contributed by atoms with Gasteiger partial charge in [-0.25, -0.2) is 0 Å². The number of alkyl halides is 1. The van der Waals surface area contributed by atoms with Gasteiger partial charge in [-0.05, 0) is 63.0 Å². The van der Waals surface area contributed by atoms with Crippen LogP contribution in [0.3, 0.4) is 0 Å². The number of halogens is 1. The summed E-state index contributed by atoms with van der Waals surface area (Å²) in [6, 6.07) is 16.8. The Hall–Kier alpha value is -2.41. The standard InChI is InChI=1S/C12H16N2.C10H12N2.C3H5BrO/c1-2-14-9-10(7-8-13)11-5-3-4-6-12(11)14;11-6-5-8-7-12-10-4-2-1-3-9(8)10;1-3(5)2-4/h3-6,9H,2,7-8,13H2,1H3;1-4,7,12H,5-6,11H2;2H2,1H3. The molecular weight excluding hydrogens is 452 g/mol. The lowest BCUT2D eigenvalue weighted by atomic mass is 10.1. The van der Waals surface area contributed by atoms with Gasteiger partial charge in [0.2, 0.25) is 0 Å². The number of H-pyrrole nitrogens is 1. The van der Waals surface area contributed by atoms with Gasteiger partial charge in [-0.2, -0.15) is 0 Å². The first-order valence-electron chi connectivity index (χ1n) is 10.6. The normalized spacial score (nSPS) is 10.4. The molecule has 0 aliphatic carbocycles.